The second-order valence-corrected chi connectivity index (χ2v) is 6.42. The first-order chi connectivity index (χ1) is 11.0. The molecule has 3 rings (SSSR count). The lowest BCUT2D eigenvalue weighted by Crippen LogP contribution is -2.50. The van der Waals surface area contributed by atoms with Crippen LogP contribution in [0.15, 0.2) is 42.7 Å². The molecule has 1 aromatic carbocycles. The molecule has 0 aliphatic carbocycles. The third-order valence-corrected chi connectivity index (χ3v) is 4.82. The Kier molecular flexibility index (Phi) is 4.82. The SMILES string of the molecule is O[C@@H]1[C@@H](O)[C@H](Oc2cncc(-c3cccc(F)c3)c2)SC[C@H]1O. The molecule has 5 nitrogen and oxygen atoms in total. The molecule has 0 radical (unpaired) electrons. The predicted octanol–water partition coefficient (Wildman–Crippen LogP) is 1.42. The van der Waals surface area contributed by atoms with Crippen LogP contribution in [0.3, 0.4) is 0 Å². The van der Waals surface area contributed by atoms with Gasteiger partial charge in [-0.1, -0.05) is 12.1 Å². The minimum absolute atomic E-state index is 0.264. The molecule has 0 spiro atoms. The van der Waals surface area contributed by atoms with Crippen molar-refractivity contribution < 1.29 is 24.4 Å². The summed E-state index contributed by atoms with van der Waals surface area (Å²) in [5.74, 6) is 0.316. The van der Waals surface area contributed by atoms with E-state index in [4.69, 9.17) is 4.74 Å². The second kappa shape index (κ2) is 6.84. The third-order valence-electron chi connectivity index (χ3n) is 3.58. The Morgan fingerprint density at radius 2 is 1.91 bits per heavy atom. The van der Waals surface area contributed by atoms with Crippen LogP contribution in [0, 0.1) is 5.82 Å². The van der Waals surface area contributed by atoms with Crippen LogP contribution in [0.4, 0.5) is 4.39 Å². The van der Waals surface area contributed by atoms with Gasteiger partial charge in [0.25, 0.3) is 0 Å². The average molecular weight is 337 g/mol. The van der Waals surface area contributed by atoms with Gasteiger partial charge in [-0.25, -0.2) is 4.39 Å². The lowest BCUT2D eigenvalue weighted by molar-refractivity contribution is -0.0786. The van der Waals surface area contributed by atoms with Gasteiger partial charge in [0.1, 0.15) is 23.8 Å². The summed E-state index contributed by atoms with van der Waals surface area (Å²) >= 11 is 1.21. The van der Waals surface area contributed by atoms with E-state index in [1.165, 1.54) is 30.1 Å². The van der Waals surface area contributed by atoms with Crippen molar-refractivity contribution in [2.45, 2.75) is 23.7 Å². The fraction of sp³-hybridized carbons (Fsp3) is 0.312. The number of halogens is 1. The van der Waals surface area contributed by atoms with Crippen molar-refractivity contribution in [1.29, 1.82) is 0 Å². The molecule has 1 aliphatic heterocycles. The van der Waals surface area contributed by atoms with Gasteiger partial charge in [-0.2, -0.15) is 0 Å². The summed E-state index contributed by atoms with van der Waals surface area (Å²) in [5.41, 5.74) is 0.631. The van der Waals surface area contributed by atoms with Crippen LogP contribution >= 0.6 is 11.8 Å². The molecule has 122 valence electrons. The van der Waals surface area contributed by atoms with E-state index in [2.05, 4.69) is 4.98 Å². The number of rotatable bonds is 3. The summed E-state index contributed by atoms with van der Waals surface area (Å²) in [4.78, 5) is 4.06. The van der Waals surface area contributed by atoms with E-state index < -0.39 is 23.7 Å². The van der Waals surface area contributed by atoms with E-state index in [1.807, 2.05) is 0 Å². The summed E-state index contributed by atoms with van der Waals surface area (Å²) in [6, 6.07) is 7.81. The summed E-state index contributed by atoms with van der Waals surface area (Å²) < 4.78 is 19.0. The van der Waals surface area contributed by atoms with E-state index in [9.17, 15) is 19.7 Å². The number of aromatic nitrogens is 1. The van der Waals surface area contributed by atoms with E-state index in [1.54, 1.807) is 24.4 Å². The van der Waals surface area contributed by atoms with Gasteiger partial charge in [-0.3, -0.25) is 4.98 Å². The maximum absolute atomic E-state index is 13.3. The highest BCUT2D eigenvalue weighted by Gasteiger charge is 2.38. The molecule has 0 bridgehead atoms. The van der Waals surface area contributed by atoms with Crippen molar-refractivity contribution >= 4 is 11.8 Å². The highest BCUT2D eigenvalue weighted by Crippen LogP contribution is 2.30. The normalized spacial score (nSPS) is 27.7. The fourth-order valence-electron chi connectivity index (χ4n) is 2.33. The molecule has 1 aliphatic rings. The molecule has 0 unspecified atom stereocenters. The van der Waals surface area contributed by atoms with Gasteiger partial charge in [0, 0.05) is 17.5 Å². The highest BCUT2D eigenvalue weighted by molar-refractivity contribution is 7.99. The summed E-state index contributed by atoms with van der Waals surface area (Å²) in [6.45, 7) is 0. The predicted molar refractivity (Wildman–Crippen MR) is 84.5 cm³/mol. The van der Waals surface area contributed by atoms with Crippen molar-refractivity contribution in [3.8, 4) is 16.9 Å². The number of hydrogen-bond acceptors (Lipinski definition) is 6. The van der Waals surface area contributed by atoms with Crippen LogP contribution in [-0.2, 0) is 0 Å². The summed E-state index contributed by atoms with van der Waals surface area (Å²) in [6.07, 6.45) is -0.369. The lowest BCUT2D eigenvalue weighted by Gasteiger charge is -2.34. The number of aliphatic hydroxyl groups is 3. The minimum atomic E-state index is -1.25. The largest absolute Gasteiger partial charge is 0.475 e. The van der Waals surface area contributed by atoms with Gasteiger partial charge in [-0.05, 0) is 23.8 Å². The van der Waals surface area contributed by atoms with Gasteiger partial charge in [-0.15, -0.1) is 11.8 Å². The standard InChI is InChI=1S/C16H16FNO4S/c17-11-3-1-2-9(4-11)10-5-12(7-18-6-10)22-16-15(21)14(20)13(19)8-23-16/h1-7,13-16,19-21H,8H2/t13-,14+,15-,16-/m1/s1. The molecule has 2 heterocycles. The van der Waals surface area contributed by atoms with Crippen LogP contribution < -0.4 is 4.74 Å². The third kappa shape index (κ3) is 3.64. The first kappa shape index (κ1) is 16.2. The average Bonchev–Trinajstić information content (AvgIpc) is 2.56. The monoisotopic (exact) mass is 337 g/mol. The molecule has 23 heavy (non-hydrogen) atoms. The van der Waals surface area contributed by atoms with Gasteiger partial charge in [0.2, 0.25) is 0 Å². The van der Waals surface area contributed by atoms with Crippen LogP contribution in [0.2, 0.25) is 0 Å². The highest BCUT2D eigenvalue weighted by atomic mass is 32.2. The summed E-state index contributed by atoms with van der Waals surface area (Å²) in [5, 5.41) is 29.2. The second-order valence-electron chi connectivity index (χ2n) is 5.29. The van der Waals surface area contributed by atoms with Gasteiger partial charge in [0.05, 0.1) is 12.3 Å². The zero-order valence-corrected chi connectivity index (χ0v) is 12.9. The maximum atomic E-state index is 13.3. The number of nitrogens with zero attached hydrogens (tertiary/aromatic N) is 1. The number of ether oxygens (including phenoxy) is 1. The first-order valence-corrected chi connectivity index (χ1v) is 8.13. The maximum Gasteiger partial charge on any atom is 0.173 e. The fourth-order valence-corrected chi connectivity index (χ4v) is 3.45. The van der Waals surface area contributed by atoms with Gasteiger partial charge < -0.3 is 20.1 Å². The number of hydrogen-bond donors (Lipinski definition) is 3. The Balaban J connectivity index is 1.78. The molecular formula is C16H16FNO4S. The van der Waals surface area contributed by atoms with E-state index in [-0.39, 0.29) is 11.6 Å². The smallest absolute Gasteiger partial charge is 0.173 e. The quantitative estimate of drug-likeness (QED) is 0.786. The molecule has 7 heteroatoms. The number of benzene rings is 1. The van der Waals surface area contributed by atoms with Crippen molar-refractivity contribution in [3.05, 3.63) is 48.5 Å². The number of thioether (sulfide) groups is 1. The van der Waals surface area contributed by atoms with Crippen LogP contribution in [0.25, 0.3) is 11.1 Å². The lowest BCUT2D eigenvalue weighted by atomic mass is 10.1. The number of pyridine rings is 1. The number of aliphatic hydroxyl groups excluding tert-OH is 3. The van der Waals surface area contributed by atoms with Crippen LogP contribution in [0.1, 0.15) is 0 Å². The zero-order chi connectivity index (χ0) is 16.4. The molecule has 0 amide bonds. The molecular weight excluding hydrogens is 321 g/mol. The minimum Gasteiger partial charge on any atom is -0.475 e. The van der Waals surface area contributed by atoms with Crippen molar-refractivity contribution in [2.75, 3.05) is 5.75 Å². The van der Waals surface area contributed by atoms with Crippen LogP contribution in [0.5, 0.6) is 5.75 Å². The van der Waals surface area contributed by atoms with Crippen molar-refractivity contribution in [3.63, 3.8) is 0 Å². The van der Waals surface area contributed by atoms with Gasteiger partial charge >= 0.3 is 0 Å². The molecule has 1 saturated heterocycles. The Morgan fingerprint density at radius 3 is 2.70 bits per heavy atom. The molecule has 1 aromatic heterocycles. The molecule has 0 saturated carbocycles. The van der Waals surface area contributed by atoms with E-state index in [0.29, 0.717) is 16.9 Å². The molecule has 3 N–H and O–H groups in total. The van der Waals surface area contributed by atoms with Gasteiger partial charge in [0.15, 0.2) is 5.44 Å². The van der Waals surface area contributed by atoms with E-state index >= 15 is 0 Å². The molecule has 2 aromatic rings. The Morgan fingerprint density at radius 1 is 1.09 bits per heavy atom. The van der Waals surface area contributed by atoms with Crippen molar-refractivity contribution in [1.82, 2.24) is 4.98 Å². The first-order valence-electron chi connectivity index (χ1n) is 7.08. The summed E-state index contributed by atoms with van der Waals surface area (Å²) in [7, 11) is 0. The Labute approximate surface area is 136 Å². The van der Waals surface area contributed by atoms with Crippen LogP contribution in [-0.4, -0.2) is 49.8 Å². The Bertz CT molecular complexity index is 687. The van der Waals surface area contributed by atoms with Crippen molar-refractivity contribution in [2.24, 2.45) is 0 Å². The Hall–Kier alpha value is -1.67. The molecule has 4 atom stereocenters. The van der Waals surface area contributed by atoms with E-state index in [0.717, 1.165) is 0 Å². The topological polar surface area (TPSA) is 82.8 Å². The molecule has 1 fully saturated rings. The zero-order valence-electron chi connectivity index (χ0n) is 12.0.